The van der Waals surface area contributed by atoms with Gasteiger partial charge in [-0.1, -0.05) is 0 Å². The van der Waals surface area contributed by atoms with Crippen molar-refractivity contribution in [3.8, 4) is 0 Å². The molecule has 1 amide bonds. The number of aromatic nitrogens is 1. The Bertz CT molecular complexity index is 643. The highest BCUT2D eigenvalue weighted by atomic mass is 79.9. The van der Waals surface area contributed by atoms with Gasteiger partial charge in [0.1, 0.15) is 5.82 Å². The van der Waals surface area contributed by atoms with Crippen molar-refractivity contribution in [3.63, 3.8) is 0 Å². The van der Waals surface area contributed by atoms with Gasteiger partial charge in [-0.25, -0.2) is 15.2 Å². The number of nitrogen functional groups attached to an aromatic ring is 1. The number of aryl methyl sites for hydroxylation is 1. The minimum atomic E-state index is -0.434. The molecule has 2 rings (SSSR count). The Balaban J connectivity index is 2.30. The lowest BCUT2D eigenvalue weighted by Gasteiger charge is -2.10. The quantitative estimate of drug-likeness (QED) is 0.593. The monoisotopic (exact) mass is 338 g/mol. The van der Waals surface area contributed by atoms with E-state index < -0.39 is 11.7 Å². The summed E-state index contributed by atoms with van der Waals surface area (Å²) in [5.74, 6) is 4.70. The first-order valence-corrected chi connectivity index (χ1v) is 6.49. The second-order valence-electron chi connectivity index (χ2n) is 4.17. The third-order valence-corrected chi connectivity index (χ3v) is 2.97. The topological polar surface area (TPSA) is 80.0 Å². The van der Waals surface area contributed by atoms with Crippen LogP contribution in [0, 0.1) is 12.7 Å². The van der Waals surface area contributed by atoms with Crippen molar-refractivity contribution in [2.24, 2.45) is 5.84 Å². The molecule has 0 saturated carbocycles. The van der Waals surface area contributed by atoms with E-state index in [1.54, 1.807) is 19.1 Å². The molecular weight excluding hydrogens is 327 g/mol. The summed E-state index contributed by atoms with van der Waals surface area (Å²) in [6, 6.07) is 5.86. The summed E-state index contributed by atoms with van der Waals surface area (Å²) in [5.41, 5.74) is 3.68. The van der Waals surface area contributed by atoms with E-state index in [1.807, 2.05) is 0 Å². The lowest BCUT2D eigenvalue weighted by atomic mass is 10.2. The summed E-state index contributed by atoms with van der Waals surface area (Å²) >= 11 is 3.23. The maximum Gasteiger partial charge on any atom is 0.259 e. The van der Waals surface area contributed by atoms with Gasteiger partial charge in [0.2, 0.25) is 0 Å². The van der Waals surface area contributed by atoms with Gasteiger partial charge in [-0.05, 0) is 52.7 Å². The molecule has 20 heavy (non-hydrogen) atoms. The summed E-state index contributed by atoms with van der Waals surface area (Å²) in [4.78, 5) is 16.2. The van der Waals surface area contributed by atoms with Crippen LogP contribution in [0.4, 0.5) is 15.9 Å². The number of hydrogen-bond acceptors (Lipinski definition) is 4. The predicted octanol–water partition coefficient (Wildman–Crippen LogP) is 2.83. The molecule has 104 valence electrons. The molecule has 1 aromatic carbocycles. The van der Waals surface area contributed by atoms with Gasteiger partial charge < -0.3 is 10.7 Å². The second-order valence-corrected chi connectivity index (χ2v) is 5.08. The summed E-state index contributed by atoms with van der Waals surface area (Å²) in [7, 11) is 0. The molecule has 1 heterocycles. The van der Waals surface area contributed by atoms with E-state index in [9.17, 15) is 9.18 Å². The molecule has 5 nitrogen and oxygen atoms in total. The summed E-state index contributed by atoms with van der Waals surface area (Å²) in [6.45, 7) is 1.74. The number of anilines is 2. The number of hydrogen-bond donors (Lipinski definition) is 3. The van der Waals surface area contributed by atoms with Crippen LogP contribution in [-0.2, 0) is 0 Å². The van der Waals surface area contributed by atoms with Crippen molar-refractivity contribution in [1.82, 2.24) is 4.98 Å². The Morgan fingerprint density at radius 2 is 2.10 bits per heavy atom. The van der Waals surface area contributed by atoms with Crippen molar-refractivity contribution in [2.45, 2.75) is 6.92 Å². The lowest BCUT2D eigenvalue weighted by Crippen LogP contribution is -2.18. The average Bonchev–Trinajstić information content (AvgIpc) is 2.37. The molecule has 0 radical (unpaired) electrons. The largest absolute Gasteiger partial charge is 0.322 e. The van der Waals surface area contributed by atoms with Gasteiger partial charge in [-0.3, -0.25) is 4.79 Å². The Morgan fingerprint density at radius 1 is 1.35 bits per heavy atom. The van der Waals surface area contributed by atoms with Crippen LogP contribution in [0.25, 0.3) is 0 Å². The molecule has 0 unspecified atom stereocenters. The molecule has 2 aromatic rings. The van der Waals surface area contributed by atoms with Gasteiger partial charge in [0, 0.05) is 16.4 Å². The zero-order valence-electron chi connectivity index (χ0n) is 10.6. The molecule has 0 fully saturated rings. The highest BCUT2D eigenvalue weighted by molar-refractivity contribution is 9.10. The number of benzene rings is 1. The number of carbonyl (C=O) groups excluding carboxylic acids is 1. The molecule has 0 atom stereocenters. The molecule has 0 bridgehead atoms. The van der Waals surface area contributed by atoms with Crippen LogP contribution < -0.4 is 16.6 Å². The third-order valence-electron chi connectivity index (χ3n) is 2.54. The highest BCUT2D eigenvalue weighted by Gasteiger charge is 2.13. The Kier molecular flexibility index (Phi) is 4.31. The number of pyridine rings is 1. The van der Waals surface area contributed by atoms with Crippen LogP contribution in [0.15, 0.2) is 34.9 Å². The summed E-state index contributed by atoms with van der Waals surface area (Å²) in [6.07, 6.45) is 1.51. The van der Waals surface area contributed by atoms with Crippen LogP contribution in [0.3, 0.4) is 0 Å². The number of halogens is 2. The van der Waals surface area contributed by atoms with Gasteiger partial charge in [0.05, 0.1) is 5.56 Å². The van der Waals surface area contributed by atoms with E-state index >= 15 is 0 Å². The molecule has 7 heteroatoms. The number of nitrogens with two attached hydrogens (primary N) is 1. The van der Waals surface area contributed by atoms with Gasteiger partial charge in [-0.2, -0.15) is 0 Å². The number of amides is 1. The van der Waals surface area contributed by atoms with E-state index in [0.717, 1.165) is 0 Å². The van der Waals surface area contributed by atoms with E-state index in [4.69, 9.17) is 5.84 Å². The number of nitrogens with zero attached hydrogens (tertiary/aromatic N) is 1. The van der Waals surface area contributed by atoms with Crippen molar-refractivity contribution >= 4 is 33.3 Å². The first-order chi connectivity index (χ1) is 9.49. The van der Waals surface area contributed by atoms with Gasteiger partial charge in [-0.15, -0.1) is 0 Å². The standard InChI is InChI=1S/C13H12BrFN4O/c1-7-2-9(15)5-10(3-7)18-13(20)11-4-8(14)6-17-12(11)19-16/h2-6H,16H2,1H3,(H,17,19)(H,18,20). The number of nitrogens with one attached hydrogen (secondary N) is 2. The fraction of sp³-hybridized carbons (Fsp3) is 0.0769. The summed E-state index contributed by atoms with van der Waals surface area (Å²) in [5, 5.41) is 2.61. The van der Waals surface area contributed by atoms with Crippen LogP contribution in [0.5, 0.6) is 0 Å². The lowest BCUT2D eigenvalue weighted by molar-refractivity contribution is 0.102. The minimum absolute atomic E-state index is 0.235. The number of carbonyl (C=O) groups is 1. The first-order valence-electron chi connectivity index (χ1n) is 5.70. The Morgan fingerprint density at radius 3 is 2.75 bits per heavy atom. The molecule has 0 aliphatic rings. The van der Waals surface area contributed by atoms with Crippen molar-refractivity contribution in [2.75, 3.05) is 10.7 Å². The molecule has 1 aromatic heterocycles. The molecule has 0 saturated heterocycles. The van der Waals surface area contributed by atoms with Gasteiger partial charge in [0.15, 0.2) is 5.82 Å². The van der Waals surface area contributed by atoms with Crippen molar-refractivity contribution < 1.29 is 9.18 Å². The van der Waals surface area contributed by atoms with Gasteiger partial charge in [0.25, 0.3) is 5.91 Å². The van der Waals surface area contributed by atoms with Crippen LogP contribution in [-0.4, -0.2) is 10.9 Å². The number of rotatable bonds is 3. The Hall–Kier alpha value is -1.99. The second kappa shape index (κ2) is 5.98. The van der Waals surface area contributed by atoms with Crippen molar-refractivity contribution in [3.05, 3.63) is 51.9 Å². The average molecular weight is 339 g/mol. The molecular formula is C13H12BrFN4O. The first kappa shape index (κ1) is 14.4. The van der Waals surface area contributed by atoms with Crippen LogP contribution >= 0.6 is 15.9 Å². The van der Waals surface area contributed by atoms with Crippen LogP contribution in [0.1, 0.15) is 15.9 Å². The minimum Gasteiger partial charge on any atom is -0.322 e. The van der Waals surface area contributed by atoms with Gasteiger partial charge >= 0.3 is 0 Å². The molecule has 4 N–H and O–H groups in total. The SMILES string of the molecule is Cc1cc(F)cc(NC(=O)c2cc(Br)cnc2NN)c1. The van der Waals surface area contributed by atoms with E-state index in [2.05, 4.69) is 31.7 Å². The maximum absolute atomic E-state index is 13.3. The zero-order valence-corrected chi connectivity index (χ0v) is 12.2. The predicted molar refractivity (Wildman–Crippen MR) is 78.8 cm³/mol. The maximum atomic E-state index is 13.3. The molecule has 0 spiro atoms. The molecule has 0 aliphatic carbocycles. The van der Waals surface area contributed by atoms with E-state index in [-0.39, 0.29) is 11.4 Å². The Labute approximate surface area is 123 Å². The third kappa shape index (κ3) is 3.31. The van der Waals surface area contributed by atoms with E-state index in [1.165, 1.54) is 18.3 Å². The number of hydrazine groups is 1. The smallest absolute Gasteiger partial charge is 0.259 e. The molecule has 0 aliphatic heterocycles. The zero-order chi connectivity index (χ0) is 14.7. The fourth-order valence-corrected chi connectivity index (χ4v) is 2.07. The van der Waals surface area contributed by atoms with Crippen molar-refractivity contribution in [1.29, 1.82) is 0 Å². The van der Waals surface area contributed by atoms with Crippen LogP contribution in [0.2, 0.25) is 0 Å². The highest BCUT2D eigenvalue weighted by Crippen LogP contribution is 2.20. The normalized spacial score (nSPS) is 10.2. The summed E-state index contributed by atoms with van der Waals surface area (Å²) < 4.78 is 13.9. The van der Waals surface area contributed by atoms with E-state index in [0.29, 0.717) is 15.7 Å². The fourth-order valence-electron chi connectivity index (χ4n) is 1.73.